The van der Waals surface area contributed by atoms with Crippen molar-refractivity contribution in [2.45, 2.75) is 51.5 Å². The van der Waals surface area contributed by atoms with E-state index in [0.717, 1.165) is 29.5 Å². The zero-order valence-corrected chi connectivity index (χ0v) is 14.4. The van der Waals surface area contributed by atoms with Crippen LogP contribution in [0.1, 0.15) is 43.9 Å². The molecular formula is C15H20BrNO3S. The molecule has 0 aliphatic heterocycles. The Morgan fingerprint density at radius 2 is 2.29 bits per heavy atom. The highest BCUT2D eigenvalue weighted by Gasteiger charge is 2.45. The number of aliphatic carboxylic acids is 1. The number of halogens is 1. The molecule has 1 fully saturated rings. The Morgan fingerprint density at radius 3 is 2.90 bits per heavy atom. The van der Waals surface area contributed by atoms with E-state index in [1.165, 1.54) is 4.88 Å². The topological polar surface area (TPSA) is 66.4 Å². The van der Waals surface area contributed by atoms with Gasteiger partial charge < -0.3 is 10.4 Å². The van der Waals surface area contributed by atoms with E-state index < -0.39 is 11.4 Å². The second-order valence-corrected chi connectivity index (χ2v) is 8.34. The lowest BCUT2D eigenvalue weighted by molar-refractivity contribution is -0.149. The lowest BCUT2D eigenvalue weighted by atomic mass is 9.85. The molecule has 4 nitrogen and oxygen atoms in total. The molecule has 1 saturated carbocycles. The number of thiophene rings is 1. The van der Waals surface area contributed by atoms with Crippen LogP contribution in [0.15, 0.2) is 15.9 Å². The van der Waals surface area contributed by atoms with E-state index in [9.17, 15) is 14.7 Å². The first-order valence-corrected chi connectivity index (χ1v) is 8.80. The summed E-state index contributed by atoms with van der Waals surface area (Å²) < 4.78 is 1.10. The average Bonchev–Trinajstić information content (AvgIpc) is 2.98. The van der Waals surface area contributed by atoms with E-state index in [4.69, 9.17) is 0 Å². The van der Waals surface area contributed by atoms with Gasteiger partial charge in [-0.15, -0.1) is 11.3 Å². The van der Waals surface area contributed by atoms with Crippen LogP contribution in [0.3, 0.4) is 0 Å². The number of rotatable bonds is 6. The van der Waals surface area contributed by atoms with Crippen molar-refractivity contribution in [2.75, 3.05) is 0 Å². The highest BCUT2D eigenvalue weighted by Crippen LogP contribution is 2.38. The number of nitrogens with one attached hydrogen (secondary N) is 1. The maximum Gasteiger partial charge on any atom is 0.311 e. The minimum atomic E-state index is -0.811. The third kappa shape index (κ3) is 4.07. The summed E-state index contributed by atoms with van der Waals surface area (Å²) in [5, 5.41) is 12.2. The van der Waals surface area contributed by atoms with Crippen molar-refractivity contribution in [1.29, 1.82) is 0 Å². The van der Waals surface area contributed by atoms with Gasteiger partial charge in [-0.2, -0.15) is 0 Å². The first-order valence-electron chi connectivity index (χ1n) is 7.19. The first-order chi connectivity index (χ1) is 9.91. The smallest absolute Gasteiger partial charge is 0.311 e. The number of carbonyl (C=O) groups excluding carboxylic acids is 1. The van der Waals surface area contributed by atoms with Crippen LogP contribution in [0.4, 0.5) is 0 Å². The summed E-state index contributed by atoms with van der Waals surface area (Å²) in [5.41, 5.74) is -0.811. The molecule has 2 rings (SSSR count). The van der Waals surface area contributed by atoms with Crippen LogP contribution >= 0.6 is 27.3 Å². The number of amides is 1. The van der Waals surface area contributed by atoms with Crippen molar-refractivity contribution < 1.29 is 14.7 Å². The molecule has 0 bridgehead atoms. The molecule has 6 heteroatoms. The van der Waals surface area contributed by atoms with Gasteiger partial charge in [0, 0.05) is 17.3 Å². The molecule has 2 N–H and O–H groups in total. The molecule has 0 saturated heterocycles. The lowest BCUT2D eigenvalue weighted by Crippen LogP contribution is -2.47. The summed E-state index contributed by atoms with van der Waals surface area (Å²) >= 11 is 5.10. The molecule has 0 aromatic carbocycles. The predicted octanol–water partition coefficient (Wildman–Crippen LogP) is 3.59. The quantitative estimate of drug-likeness (QED) is 0.800. The number of hydrogen-bond donors (Lipinski definition) is 2. The molecule has 2 atom stereocenters. The number of carbonyl (C=O) groups is 2. The summed E-state index contributed by atoms with van der Waals surface area (Å²) in [4.78, 5) is 24.6. The Hall–Kier alpha value is -0.880. The van der Waals surface area contributed by atoms with E-state index in [1.807, 2.05) is 6.07 Å². The van der Waals surface area contributed by atoms with Gasteiger partial charge in [0.05, 0.1) is 9.20 Å². The predicted molar refractivity (Wildman–Crippen MR) is 86.5 cm³/mol. The standard InChI is InChI=1S/C15H20BrNO3S/c1-15(14(19)20)9-3-5-11(15)17-13(18)6-2-4-10-7-8-12(16)21-10/h7-8,11H,2-6,9H2,1H3,(H,17,18)(H,19,20). The molecule has 1 heterocycles. The zero-order valence-electron chi connectivity index (χ0n) is 12.0. The van der Waals surface area contributed by atoms with Crippen molar-refractivity contribution in [3.63, 3.8) is 0 Å². The third-order valence-electron chi connectivity index (χ3n) is 4.24. The lowest BCUT2D eigenvalue weighted by Gasteiger charge is -2.27. The van der Waals surface area contributed by atoms with Crippen molar-refractivity contribution in [3.05, 3.63) is 20.8 Å². The van der Waals surface area contributed by atoms with E-state index in [2.05, 4.69) is 27.3 Å². The molecule has 2 unspecified atom stereocenters. The molecule has 0 radical (unpaired) electrons. The molecular weight excluding hydrogens is 354 g/mol. The van der Waals surface area contributed by atoms with Crippen LogP contribution < -0.4 is 5.32 Å². The monoisotopic (exact) mass is 373 g/mol. The van der Waals surface area contributed by atoms with Crippen molar-refractivity contribution in [2.24, 2.45) is 5.41 Å². The zero-order chi connectivity index (χ0) is 15.5. The Kier molecular flexibility index (Phi) is 5.43. The van der Waals surface area contributed by atoms with Crippen LogP contribution in [-0.4, -0.2) is 23.0 Å². The minimum Gasteiger partial charge on any atom is -0.481 e. The Bertz CT molecular complexity index is 531. The number of hydrogen-bond acceptors (Lipinski definition) is 3. The van der Waals surface area contributed by atoms with Gasteiger partial charge >= 0.3 is 5.97 Å². The SMILES string of the molecule is CC1(C(=O)O)CCCC1NC(=O)CCCc1ccc(Br)s1. The van der Waals surface area contributed by atoms with Crippen molar-refractivity contribution >= 4 is 39.1 Å². The molecule has 1 aliphatic rings. The van der Waals surface area contributed by atoms with E-state index in [0.29, 0.717) is 12.8 Å². The van der Waals surface area contributed by atoms with Gasteiger partial charge in [0.25, 0.3) is 0 Å². The van der Waals surface area contributed by atoms with E-state index >= 15 is 0 Å². The van der Waals surface area contributed by atoms with Crippen LogP contribution in [0.25, 0.3) is 0 Å². The molecule has 1 aromatic heterocycles. The number of carboxylic acids is 1. The second-order valence-electron chi connectivity index (χ2n) is 5.79. The van der Waals surface area contributed by atoms with Crippen molar-refractivity contribution in [3.8, 4) is 0 Å². The van der Waals surface area contributed by atoms with E-state index in [-0.39, 0.29) is 11.9 Å². The third-order valence-corrected chi connectivity index (χ3v) is 5.92. The summed E-state index contributed by atoms with van der Waals surface area (Å²) in [5.74, 6) is -0.848. The minimum absolute atomic E-state index is 0.0370. The summed E-state index contributed by atoms with van der Waals surface area (Å²) in [6, 6.07) is 3.83. The largest absolute Gasteiger partial charge is 0.481 e. The van der Waals surface area contributed by atoms with Gasteiger partial charge in [0.1, 0.15) is 0 Å². The molecule has 21 heavy (non-hydrogen) atoms. The molecule has 1 amide bonds. The van der Waals surface area contributed by atoms with Crippen LogP contribution in [0, 0.1) is 5.41 Å². The van der Waals surface area contributed by atoms with Gasteiger partial charge in [0.2, 0.25) is 5.91 Å². The van der Waals surface area contributed by atoms with Crippen LogP contribution in [0.5, 0.6) is 0 Å². The second kappa shape index (κ2) is 6.92. The maximum atomic E-state index is 12.0. The fourth-order valence-electron chi connectivity index (χ4n) is 2.83. The Morgan fingerprint density at radius 1 is 1.52 bits per heavy atom. The molecule has 1 aliphatic carbocycles. The number of aryl methyl sites for hydroxylation is 1. The summed E-state index contributed by atoms with van der Waals surface area (Å²) in [6.45, 7) is 1.73. The van der Waals surface area contributed by atoms with Gasteiger partial charge in [0.15, 0.2) is 0 Å². The summed E-state index contributed by atoms with van der Waals surface area (Å²) in [7, 11) is 0. The highest BCUT2D eigenvalue weighted by atomic mass is 79.9. The van der Waals surface area contributed by atoms with E-state index in [1.54, 1.807) is 18.3 Å². The van der Waals surface area contributed by atoms with Crippen molar-refractivity contribution in [1.82, 2.24) is 5.32 Å². The normalized spacial score (nSPS) is 25.0. The Balaban J connectivity index is 1.78. The molecule has 0 spiro atoms. The molecule has 1 aromatic rings. The molecule has 116 valence electrons. The average molecular weight is 374 g/mol. The highest BCUT2D eigenvalue weighted by molar-refractivity contribution is 9.11. The fraction of sp³-hybridized carbons (Fsp3) is 0.600. The fourth-order valence-corrected chi connectivity index (χ4v) is 4.35. The first kappa shape index (κ1) is 16.5. The van der Waals surface area contributed by atoms with Crippen LogP contribution in [0.2, 0.25) is 0 Å². The van der Waals surface area contributed by atoms with Gasteiger partial charge in [-0.25, -0.2) is 0 Å². The summed E-state index contributed by atoms with van der Waals surface area (Å²) in [6.07, 6.45) is 4.36. The van der Waals surface area contributed by atoms with Crippen LogP contribution in [-0.2, 0) is 16.0 Å². The van der Waals surface area contributed by atoms with Gasteiger partial charge in [-0.05, 0) is 60.7 Å². The van der Waals surface area contributed by atoms with Gasteiger partial charge in [-0.3, -0.25) is 9.59 Å². The Labute approximate surface area is 137 Å². The van der Waals surface area contributed by atoms with Gasteiger partial charge in [-0.1, -0.05) is 6.42 Å². The number of carboxylic acid groups (broad SMARTS) is 1. The maximum absolute atomic E-state index is 12.0.